The average molecular weight is 289 g/mol. The Morgan fingerprint density at radius 2 is 1.90 bits per heavy atom. The Hall–Kier alpha value is -1.84. The van der Waals surface area contributed by atoms with Gasteiger partial charge in [0.2, 0.25) is 5.91 Å². The second-order valence-corrected chi connectivity index (χ2v) is 5.75. The lowest BCUT2D eigenvalue weighted by molar-refractivity contribution is -0.121. The molecule has 4 heteroatoms. The predicted octanol–water partition coefficient (Wildman–Crippen LogP) is 3.01. The summed E-state index contributed by atoms with van der Waals surface area (Å²) in [5, 5.41) is 12.0. The molecule has 0 bridgehead atoms. The zero-order valence-electron chi connectivity index (χ0n) is 12.3. The highest BCUT2D eigenvalue weighted by Gasteiger charge is 2.15. The van der Waals surface area contributed by atoms with Gasteiger partial charge in [0.15, 0.2) is 0 Å². The van der Waals surface area contributed by atoms with Crippen molar-refractivity contribution >= 4 is 11.9 Å². The number of amides is 1. The molecule has 1 aromatic rings. The number of hydrogen-bond donors (Lipinski definition) is 2. The van der Waals surface area contributed by atoms with Gasteiger partial charge >= 0.3 is 5.97 Å². The molecular weight excluding hydrogens is 266 g/mol. The minimum absolute atomic E-state index is 0.00758. The molecule has 2 N–H and O–H groups in total. The van der Waals surface area contributed by atoms with Gasteiger partial charge in [0.1, 0.15) is 0 Å². The molecule has 0 aliphatic heterocycles. The number of carbonyl (C=O) groups excluding carboxylic acids is 1. The van der Waals surface area contributed by atoms with Crippen molar-refractivity contribution < 1.29 is 14.7 Å². The molecule has 0 saturated heterocycles. The van der Waals surface area contributed by atoms with Crippen LogP contribution in [-0.2, 0) is 11.2 Å². The van der Waals surface area contributed by atoms with Crippen LogP contribution in [0, 0.1) is 5.92 Å². The Kier molecular flexibility index (Phi) is 5.78. The number of carboxylic acid groups (broad SMARTS) is 1. The molecular formula is C17H23NO3. The third kappa shape index (κ3) is 4.88. The van der Waals surface area contributed by atoms with Gasteiger partial charge in [0.05, 0.1) is 5.56 Å². The monoisotopic (exact) mass is 289 g/mol. The van der Waals surface area contributed by atoms with Crippen molar-refractivity contribution in [1.29, 1.82) is 0 Å². The molecule has 4 nitrogen and oxygen atoms in total. The zero-order chi connectivity index (χ0) is 15.1. The smallest absolute Gasteiger partial charge is 0.335 e. The van der Waals surface area contributed by atoms with E-state index in [-0.39, 0.29) is 11.5 Å². The van der Waals surface area contributed by atoms with E-state index in [0.717, 1.165) is 24.4 Å². The Balaban J connectivity index is 1.72. The second-order valence-electron chi connectivity index (χ2n) is 5.75. The summed E-state index contributed by atoms with van der Waals surface area (Å²) < 4.78 is 0. The Morgan fingerprint density at radius 1 is 1.19 bits per heavy atom. The van der Waals surface area contributed by atoms with Crippen molar-refractivity contribution in [1.82, 2.24) is 5.32 Å². The number of carboxylic acids is 1. The highest BCUT2D eigenvalue weighted by atomic mass is 16.4. The molecule has 114 valence electrons. The lowest BCUT2D eigenvalue weighted by atomic mass is 10.0. The lowest BCUT2D eigenvalue weighted by Gasteiger charge is -2.10. The van der Waals surface area contributed by atoms with Gasteiger partial charge in [-0.1, -0.05) is 43.9 Å². The Labute approximate surface area is 125 Å². The predicted molar refractivity (Wildman–Crippen MR) is 81.3 cm³/mol. The fourth-order valence-corrected chi connectivity index (χ4v) is 3.00. The fraction of sp³-hybridized carbons (Fsp3) is 0.529. The topological polar surface area (TPSA) is 66.4 Å². The molecule has 1 aliphatic carbocycles. The van der Waals surface area contributed by atoms with Crippen molar-refractivity contribution in [2.24, 2.45) is 5.92 Å². The summed E-state index contributed by atoms with van der Waals surface area (Å²) in [6.07, 6.45) is 7.11. The highest BCUT2D eigenvalue weighted by Crippen LogP contribution is 2.26. The summed E-state index contributed by atoms with van der Waals surface area (Å²) in [5.41, 5.74) is 1.01. The molecule has 1 aliphatic rings. The number of nitrogens with one attached hydrogen (secondary N) is 1. The van der Waals surface area contributed by atoms with Crippen LogP contribution in [0.4, 0.5) is 0 Å². The van der Waals surface area contributed by atoms with Gasteiger partial charge in [-0.05, 0) is 30.4 Å². The first kappa shape index (κ1) is 15.5. The first-order valence-corrected chi connectivity index (χ1v) is 7.74. The largest absolute Gasteiger partial charge is 0.478 e. The number of hydrogen-bond acceptors (Lipinski definition) is 2. The molecule has 0 atom stereocenters. The average Bonchev–Trinajstić information content (AvgIpc) is 2.98. The van der Waals surface area contributed by atoms with E-state index in [1.165, 1.54) is 25.7 Å². The molecule has 0 unspecified atom stereocenters. The van der Waals surface area contributed by atoms with Gasteiger partial charge < -0.3 is 10.4 Å². The van der Waals surface area contributed by atoms with Crippen LogP contribution in [0.3, 0.4) is 0 Å². The van der Waals surface area contributed by atoms with E-state index in [0.29, 0.717) is 12.8 Å². The van der Waals surface area contributed by atoms with Crippen molar-refractivity contribution in [2.75, 3.05) is 6.54 Å². The first-order valence-electron chi connectivity index (χ1n) is 7.74. The number of benzene rings is 1. The molecule has 1 fully saturated rings. The maximum Gasteiger partial charge on any atom is 0.335 e. The Morgan fingerprint density at radius 3 is 2.62 bits per heavy atom. The summed E-state index contributed by atoms with van der Waals surface area (Å²) >= 11 is 0. The van der Waals surface area contributed by atoms with Crippen LogP contribution in [0.1, 0.15) is 54.4 Å². The van der Waals surface area contributed by atoms with Crippen molar-refractivity contribution in [3.05, 3.63) is 35.4 Å². The summed E-state index contributed by atoms with van der Waals surface area (Å²) in [4.78, 5) is 22.9. The summed E-state index contributed by atoms with van der Waals surface area (Å²) in [5.74, 6) is -0.154. The van der Waals surface area contributed by atoms with Gasteiger partial charge in [-0.2, -0.15) is 0 Å². The number of aromatic carboxylic acids is 1. The molecule has 0 radical (unpaired) electrons. The van der Waals surface area contributed by atoms with Crippen LogP contribution in [-0.4, -0.2) is 23.5 Å². The third-order valence-corrected chi connectivity index (χ3v) is 4.22. The number of carbonyl (C=O) groups is 2. The molecule has 1 aromatic carbocycles. The summed E-state index contributed by atoms with van der Waals surface area (Å²) in [7, 11) is 0. The van der Waals surface area contributed by atoms with E-state index >= 15 is 0 Å². The quantitative estimate of drug-likeness (QED) is 0.811. The van der Waals surface area contributed by atoms with Crippen LogP contribution < -0.4 is 5.32 Å². The van der Waals surface area contributed by atoms with E-state index < -0.39 is 5.97 Å². The normalized spacial score (nSPS) is 15.0. The van der Waals surface area contributed by atoms with Crippen LogP contribution in [0.25, 0.3) is 0 Å². The van der Waals surface area contributed by atoms with E-state index in [1.54, 1.807) is 24.3 Å². The Bertz CT molecular complexity index is 493. The minimum atomic E-state index is -0.938. The fourth-order valence-electron chi connectivity index (χ4n) is 3.00. The lowest BCUT2D eigenvalue weighted by Crippen LogP contribution is -2.26. The van der Waals surface area contributed by atoms with Crippen molar-refractivity contribution in [3.63, 3.8) is 0 Å². The van der Waals surface area contributed by atoms with Gasteiger partial charge in [0.25, 0.3) is 0 Å². The van der Waals surface area contributed by atoms with Gasteiger partial charge in [0, 0.05) is 13.0 Å². The second kappa shape index (κ2) is 7.81. The maximum absolute atomic E-state index is 11.8. The van der Waals surface area contributed by atoms with E-state index in [1.807, 2.05) is 0 Å². The van der Waals surface area contributed by atoms with Crippen molar-refractivity contribution in [2.45, 2.75) is 44.9 Å². The first-order chi connectivity index (χ1) is 10.2. The molecule has 0 spiro atoms. The third-order valence-electron chi connectivity index (χ3n) is 4.22. The molecule has 2 rings (SSSR count). The highest BCUT2D eigenvalue weighted by molar-refractivity contribution is 5.89. The van der Waals surface area contributed by atoms with Gasteiger partial charge in [-0.15, -0.1) is 0 Å². The van der Waals surface area contributed by atoms with Crippen LogP contribution in [0.5, 0.6) is 0 Å². The van der Waals surface area contributed by atoms with E-state index in [4.69, 9.17) is 5.11 Å². The van der Waals surface area contributed by atoms with Crippen molar-refractivity contribution in [3.8, 4) is 0 Å². The maximum atomic E-state index is 11.8. The van der Waals surface area contributed by atoms with Crippen LogP contribution in [0.15, 0.2) is 24.3 Å². The minimum Gasteiger partial charge on any atom is -0.478 e. The summed E-state index contributed by atoms with van der Waals surface area (Å²) in [6.45, 7) is 0.740. The number of aryl methyl sites for hydroxylation is 1. The van der Waals surface area contributed by atoms with E-state index in [9.17, 15) is 9.59 Å². The molecule has 0 aromatic heterocycles. The van der Waals surface area contributed by atoms with Gasteiger partial charge in [-0.25, -0.2) is 4.79 Å². The standard InChI is InChI=1S/C17H23NO3/c19-16(18-12-11-13-5-1-2-6-13)10-9-14-7-3-4-8-15(14)17(20)21/h3-4,7-8,13H,1-2,5-6,9-12H2,(H,18,19)(H,20,21). The molecule has 1 amide bonds. The SMILES string of the molecule is O=C(CCc1ccccc1C(=O)O)NCCC1CCCC1. The molecule has 21 heavy (non-hydrogen) atoms. The molecule has 0 heterocycles. The van der Waals surface area contributed by atoms with Gasteiger partial charge in [-0.3, -0.25) is 4.79 Å². The number of rotatable bonds is 7. The van der Waals surface area contributed by atoms with E-state index in [2.05, 4.69) is 5.32 Å². The van der Waals surface area contributed by atoms with Crippen LogP contribution in [0.2, 0.25) is 0 Å². The summed E-state index contributed by atoms with van der Waals surface area (Å²) in [6, 6.07) is 6.86. The van der Waals surface area contributed by atoms with Crippen LogP contribution >= 0.6 is 0 Å². The molecule has 1 saturated carbocycles. The zero-order valence-corrected chi connectivity index (χ0v) is 12.3.